The predicted molar refractivity (Wildman–Crippen MR) is 62.1 cm³/mol. The van der Waals surface area contributed by atoms with E-state index in [4.69, 9.17) is 22.4 Å². The van der Waals surface area contributed by atoms with Gasteiger partial charge in [0.2, 0.25) is 0 Å². The third kappa shape index (κ3) is 1.67. The highest BCUT2D eigenvalue weighted by Crippen LogP contribution is 2.53. The van der Waals surface area contributed by atoms with E-state index < -0.39 is 0 Å². The second-order valence-corrected chi connectivity index (χ2v) is 4.82. The van der Waals surface area contributed by atoms with Crippen LogP contribution >= 0.6 is 11.6 Å². The molecule has 3 N–H and O–H groups in total. The molecule has 1 saturated carbocycles. The molecular weight excluding hydrogens is 210 g/mol. The fraction of sp³-hybridized carbons (Fsp3) is 0.500. The Balaban J connectivity index is 2.33. The average Bonchev–Trinajstić information content (AvgIpc) is 2.97. The summed E-state index contributed by atoms with van der Waals surface area (Å²) in [6.45, 7) is 2.78. The maximum atomic E-state index is 9.17. The SMILES string of the molecule is Cc1ccc([C@@]2(CN)C[C@@H]2CO)cc1Cl. The van der Waals surface area contributed by atoms with Crippen molar-refractivity contribution in [3.63, 3.8) is 0 Å². The van der Waals surface area contributed by atoms with Gasteiger partial charge in [-0.25, -0.2) is 0 Å². The second kappa shape index (κ2) is 3.78. The molecule has 2 nitrogen and oxygen atoms in total. The Hall–Kier alpha value is -0.570. The molecule has 1 aromatic carbocycles. The van der Waals surface area contributed by atoms with E-state index in [1.807, 2.05) is 19.1 Å². The number of rotatable bonds is 3. The van der Waals surface area contributed by atoms with Crippen LogP contribution in [-0.2, 0) is 5.41 Å². The molecule has 0 aliphatic heterocycles. The number of hydrogen-bond donors (Lipinski definition) is 2. The van der Waals surface area contributed by atoms with Gasteiger partial charge >= 0.3 is 0 Å². The minimum atomic E-state index is -0.0217. The molecule has 15 heavy (non-hydrogen) atoms. The van der Waals surface area contributed by atoms with Gasteiger partial charge < -0.3 is 10.8 Å². The first-order chi connectivity index (χ1) is 7.14. The molecule has 82 valence electrons. The maximum absolute atomic E-state index is 9.17. The summed E-state index contributed by atoms with van der Waals surface area (Å²) in [7, 11) is 0. The number of halogens is 1. The summed E-state index contributed by atoms with van der Waals surface area (Å²) < 4.78 is 0. The summed E-state index contributed by atoms with van der Waals surface area (Å²) in [6.07, 6.45) is 0.972. The first kappa shape index (κ1) is 10.9. The van der Waals surface area contributed by atoms with E-state index in [1.54, 1.807) is 0 Å². The highest BCUT2D eigenvalue weighted by molar-refractivity contribution is 6.31. The molecule has 0 amide bonds. The van der Waals surface area contributed by atoms with Gasteiger partial charge in [-0.15, -0.1) is 0 Å². The Labute approximate surface area is 95.1 Å². The molecule has 0 bridgehead atoms. The molecule has 0 unspecified atom stereocenters. The van der Waals surface area contributed by atoms with E-state index in [0.29, 0.717) is 12.5 Å². The van der Waals surface area contributed by atoms with Gasteiger partial charge in [0, 0.05) is 23.6 Å². The van der Waals surface area contributed by atoms with E-state index in [1.165, 1.54) is 5.56 Å². The molecule has 2 atom stereocenters. The number of aliphatic hydroxyl groups excluding tert-OH is 1. The van der Waals surface area contributed by atoms with Crippen LogP contribution in [0.4, 0.5) is 0 Å². The molecule has 2 rings (SSSR count). The summed E-state index contributed by atoms with van der Waals surface area (Å²) in [5, 5.41) is 9.95. The quantitative estimate of drug-likeness (QED) is 0.825. The van der Waals surface area contributed by atoms with E-state index in [2.05, 4.69) is 6.07 Å². The second-order valence-electron chi connectivity index (χ2n) is 4.41. The molecule has 1 aromatic rings. The smallest absolute Gasteiger partial charge is 0.0468 e. The molecule has 0 aromatic heterocycles. The first-order valence-corrected chi connectivity index (χ1v) is 5.59. The van der Waals surface area contributed by atoms with Crippen molar-refractivity contribution in [1.29, 1.82) is 0 Å². The number of aryl methyl sites for hydroxylation is 1. The predicted octanol–water partition coefficient (Wildman–Crippen LogP) is 1.86. The van der Waals surface area contributed by atoms with Gasteiger partial charge in [0.05, 0.1) is 0 Å². The van der Waals surface area contributed by atoms with E-state index in [-0.39, 0.29) is 12.0 Å². The summed E-state index contributed by atoms with van der Waals surface area (Å²) in [4.78, 5) is 0. The number of hydrogen-bond acceptors (Lipinski definition) is 2. The van der Waals surface area contributed by atoms with Crippen molar-refractivity contribution in [2.75, 3.05) is 13.2 Å². The highest BCUT2D eigenvalue weighted by Gasteiger charge is 2.53. The van der Waals surface area contributed by atoms with Crippen LogP contribution in [0.2, 0.25) is 5.02 Å². The summed E-state index contributed by atoms with van der Waals surface area (Å²) in [6, 6.07) is 6.07. The van der Waals surface area contributed by atoms with Gasteiger partial charge in [0.1, 0.15) is 0 Å². The summed E-state index contributed by atoms with van der Waals surface area (Å²) >= 11 is 6.09. The maximum Gasteiger partial charge on any atom is 0.0468 e. The molecule has 0 saturated heterocycles. The fourth-order valence-electron chi connectivity index (χ4n) is 2.24. The van der Waals surface area contributed by atoms with Crippen LogP contribution in [0.5, 0.6) is 0 Å². The zero-order chi connectivity index (χ0) is 11.1. The van der Waals surface area contributed by atoms with Crippen molar-refractivity contribution in [1.82, 2.24) is 0 Å². The van der Waals surface area contributed by atoms with Gasteiger partial charge in [-0.2, -0.15) is 0 Å². The van der Waals surface area contributed by atoms with Gasteiger partial charge in [-0.05, 0) is 36.5 Å². The van der Waals surface area contributed by atoms with E-state index >= 15 is 0 Å². The lowest BCUT2D eigenvalue weighted by atomic mass is 9.93. The lowest BCUT2D eigenvalue weighted by Gasteiger charge is -2.16. The Bertz CT molecular complexity index is 380. The third-order valence-electron chi connectivity index (χ3n) is 3.56. The van der Waals surface area contributed by atoms with Crippen molar-refractivity contribution >= 4 is 11.6 Å². The monoisotopic (exact) mass is 225 g/mol. The topological polar surface area (TPSA) is 46.2 Å². The molecule has 1 fully saturated rings. The van der Waals surface area contributed by atoms with Gasteiger partial charge in [-0.1, -0.05) is 23.7 Å². The third-order valence-corrected chi connectivity index (χ3v) is 3.97. The van der Waals surface area contributed by atoms with E-state index in [9.17, 15) is 0 Å². The van der Waals surface area contributed by atoms with Crippen molar-refractivity contribution in [2.45, 2.75) is 18.8 Å². The zero-order valence-electron chi connectivity index (χ0n) is 8.83. The molecule has 0 radical (unpaired) electrons. The van der Waals surface area contributed by atoms with Crippen LogP contribution in [0, 0.1) is 12.8 Å². The summed E-state index contributed by atoms with van der Waals surface area (Å²) in [5.74, 6) is 0.307. The van der Waals surface area contributed by atoms with Gasteiger partial charge in [-0.3, -0.25) is 0 Å². The van der Waals surface area contributed by atoms with Crippen LogP contribution < -0.4 is 5.73 Å². The molecule has 1 aliphatic rings. The van der Waals surface area contributed by atoms with Crippen LogP contribution in [0.3, 0.4) is 0 Å². The van der Waals surface area contributed by atoms with Crippen molar-refractivity contribution in [3.8, 4) is 0 Å². The Morgan fingerprint density at radius 1 is 1.60 bits per heavy atom. The summed E-state index contributed by atoms with van der Waals surface area (Å²) in [5.41, 5.74) is 8.02. The van der Waals surface area contributed by atoms with Crippen LogP contribution in [0.25, 0.3) is 0 Å². The Morgan fingerprint density at radius 3 is 2.80 bits per heavy atom. The minimum absolute atomic E-state index is 0.0217. The van der Waals surface area contributed by atoms with Gasteiger partial charge in [0.25, 0.3) is 0 Å². The van der Waals surface area contributed by atoms with Crippen molar-refractivity contribution < 1.29 is 5.11 Å². The zero-order valence-corrected chi connectivity index (χ0v) is 9.59. The normalized spacial score (nSPS) is 29.2. The Morgan fingerprint density at radius 2 is 2.33 bits per heavy atom. The average molecular weight is 226 g/mol. The number of benzene rings is 1. The first-order valence-electron chi connectivity index (χ1n) is 5.21. The van der Waals surface area contributed by atoms with Crippen molar-refractivity contribution in [3.05, 3.63) is 34.3 Å². The lowest BCUT2D eigenvalue weighted by Crippen LogP contribution is -2.23. The molecule has 3 heteroatoms. The molecule has 0 heterocycles. The molecule has 0 spiro atoms. The van der Waals surface area contributed by atoms with Crippen LogP contribution in [-0.4, -0.2) is 18.3 Å². The minimum Gasteiger partial charge on any atom is -0.396 e. The van der Waals surface area contributed by atoms with Crippen molar-refractivity contribution in [2.24, 2.45) is 11.7 Å². The fourth-order valence-corrected chi connectivity index (χ4v) is 2.42. The van der Waals surface area contributed by atoms with Crippen LogP contribution in [0.15, 0.2) is 18.2 Å². The van der Waals surface area contributed by atoms with E-state index in [0.717, 1.165) is 17.0 Å². The van der Waals surface area contributed by atoms with Crippen LogP contribution in [0.1, 0.15) is 17.5 Å². The standard InChI is InChI=1S/C12H16ClNO/c1-8-2-3-9(4-11(8)13)12(7-14)5-10(12)6-15/h2-4,10,15H,5-7,14H2,1H3/t10-,12+/m1/s1. The lowest BCUT2D eigenvalue weighted by molar-refractivity contribution is 0.264. The molecule has 1 aliphatic carbocycles. The molecular formula is C12H16ClNO. The largest absolute Gasteiger partial charge is 0.396 e. The number of nitrogens with two attached hydrogens (primary N) is 1. The number of aliphatic hydroxyl groups is 1. The Kier molecular flexibility index (Phi) is 2.75. The highest BCUT2D eigenvalue weighted by atomic mass is 35.5. The van der Waals surface area contributed by atoms with Gasteiger partial charge in [0.15, 0.2) is 0 Å².